The van der Waals surface area contributed by atoms with Crippen molar-refractivity contribution < 1.29 is 9.53 Å². The van der Waals surface area contributed by atoms with Gasteiger partial charge >= 0.3 is 0 Å². The van der Waals surface area contributed by atoms with E-state index in [1.807, 2.05) is 83.8 Å². The highest BCUT2D eigenvalue weighted by Crippen LogP contribution is 2.27. The van der Waals surface area contributed by atoms with Gasteiger partial charge in [-0.2, -0.15) is 0 Å². The molecule has 30 heavy (non-hydrogen) atoms. The van der Waals surface area contributed by atoms with Crippen LogP contribution in [0.1, 0.15) is 17.5 Å². The predicted molar refractivity (Wildman–Crippen MR) is 122 cm³/mol. The van der Waals surface area contributed by atoms with Gasteiger partial charge in [0.1, 0.15) is 5.75 Å². The van der Waals surface area contributed by atoms with Crippen molar-refractivity contribution in [2.24, 2.45) is 0 Å². The van der Waals surface area contributed by atoms with Gasteiger partial charge in [0.15, 0.2) is 0 Å². The van der Waals surface area contributed by atoms with Gasteiger partial charge < -0.3 is 15.0 Å². The predicted octanol–water partition coefficient (Wildman–Crippen LogP) is 4.95. The number of carbonyl (C=O) groups excluding carboxylic acids is 1. The second kappa shape index (κ2) is 9.31. The fourth-order valence-corrected chi connectivity index (χ4v) is 3.83. The number of ether oxygens (including phenoxy) is 1. The van der Waals surface area contributed by atoms with Crippen LogP contribution in [-0.4, -0.2) is 37.0 Å². The number of hydrogen-bond acceptors (Lipinski definition) is 3. The first kappa shape index (κ1) is 19.8. The Balaban J connectivity index is 1.58. The summed E-state index contributed by atoms with van der Waals surface area (Å²) >= 11 is 0. The number of rotatable bonds is 6. The summed E-state index contributed by atoms with van der Waals surface area (Å²) in [6.07, 6.45) is 2.87. The van der Waals surface area contributed by atoms with Crippen LogP contribution >= 0.6 is 0 Å². The number of hydrogen-bond donors (Lipinski definition) is 1. The number of anilines is 1. The molecular formula is C26H26N2O2. The Hall–Kier alpha value is -3.53. The van der Waals surface area contributed by atoms with E-state index in [1.165, 1.54) is 0 Å². The molecular weight excluding hydrogens is 372 g/mol. The van der Waals surface area contributed by atoms with Gasteiger partial charge in [0.05, 0.1) is 7.11 Å². The molecule has 1 aliphatic heterocycles. The molecule has 0 aromatic heterocycles. The minimum atomic E-state index is 0.0458. The van der Waals surface area contributed by atoms with E-state index in [0.29, 0.717) is 12.1 Å². The van der Waals surface area contributed by atoms with Crippen LogP contribution in [0.4, 0.5) is 5.69 Å². The SMILES string of the molecule is COc1ccccc1/C=C(/C(=O)N1CCC(Nc2ccccc2)C1)c1ccccc1. The van der Waals surface area contributed by atoms with Gasteiger partial charge in [0.2, 0.25) is 0 Å². The van der Waals surface area contributed by atoms with Crippen LogP contribution in [0.25, 0.3) is 11.6 Å². The zero-order chi connectivity index (χ0) is 20.8. The molecule has 4 rings (SSSR count). The molecule has 1 unspecified atom stereocenters. The summed E-state index contributed by atoms with van der Waals surface area (Å²) in [4.78, 5) is 15.5. The van der Waals surface area contributed by atoms with Gasteiger partial charge in [0, 0.05) is 36.0 Å². The Morgan fingerprint density at radius 2 is 1.63 bits per heavy atom. The molecule has 1 N–H and O–H groups in total. The van der Waals surface area contributed by atoms with Gasteiger partial charge in [-0.1, -0.05) is 66.7 Å². The fraction of sp³-hybridized carbons (Fsp3) is 0.192. The van der Waals surface area contributed by atoms with Crippen LogP contribution in [0.2, 0.25) is 0 Å². The van der Waals surface area contributed by atoms with Crippen molar-refractivity contribution >= 4 is 23.2 Å². The summed E-state index contributed by atoms with van der Waals surface area (Å²) in [5, 5.41) is 3.54. The average molecular weight is 399 g/mol. The maximum atomic E-state index is 13.5. The summed E-state index contributed by atoms with van der Waals surface area (Å²) < 4.78 is 5.49. The largest absolute Gasteiger partial charge is 0.496 e. The monoisotopic (exact) mass is 398 g/mol. The number of amides is 1. The van der Waals surface area contributed by atoms with E-state index in [2.05, 4.69) is 17.4 Å². The number of nitrogens with one attached hydrogen (secondary N) is 1. The minimum Gasteiger partial charge on any atom is -0.496 e. The molecule has 0 spiro atoms. The number of carbonyl (C=O) groups is 1. The molecule has 1 atom stereocenters. The number of nitrogens with zero attached hydrogens (tertiary/aromatic N) is 1. The van der Waals surface area contributed by atoms with Crippen LogP contribution in [0.15, 0.2) is 84.9 Å². The van der Waals surface area contributed by atoms with Crippen molar-refractivity contribution in [3.05, 3.63) is 96.1 Å². The van der Waals surface area contributed by atoms with Crippen LogP contribution < -0.4 is 10.1 Å². The Bertz CT molecular complexity index is 1020. The summed E-state index contributed by atoms with van der Waals surface area (Å²) in [5.74, 6) is 0.799. The third kappa shape index (κ3) is 4.54. The van der Waals surface area contributed by atoms with Crippen molar-refractivity contribution in [3.8, 4) is 5.75 Å². The lowest BCUT2D eigenvalue weighted by molar-refractivity contribution is -0.123. The quantitative estimate of drug-likeness (QED) is 0.472. The molecule has 3 aromatic carbocycles. The first-order chi connectivity index (χ1) is 14.7. The maximum Gasteiger partial charge on any atom is 0.254 e. The normalized spacial score (nSPS) is 16.4. The van der Waals surface area contributed by atoms with Crippen molar-refractivity contribution in [1.82, 2.24) is 4.90 Å². The van der Waals surface area contributed by atoms with E-state index in [-0.39, 0.29) is 11.9 Å². The molecule has 152 valence electrons. The third-order valence-corrected chi connectivity index (χ3v) is 5.37. The Morgan fingerprint density at radius 3 is 2.37 bits per heavy atom. The summed E-state index contributed by atoms with van der Waals surface area (Å²) in [5.41, 5.74) is 3.57. The van der Waals surface area contributed by atoms with E-state index in [4.69, 9.17) is 4.74 Å². The molecule has 0 bridgehead atoms. The van der Waals surface area contributed by atoms with E-state index in [9.17, 15) is 4.79 Å². The standard InChI is InChI=1S/C26H26N2O2/c1-30-25-15-9-8-12-21(25)18-24(20-10-4-2-5-11-20)26(29)28-17-16-23(19-28)27-22-13-6-3-7-14-22/h2-15,18,23,27H,16-17,19H2,1H3/b24-18+. The lowest BCUT2D eigenvalue weighted by Crippen LogP contribution is -2.32. The van der Waals surface area contributed by atoms with Gasteiger partial charge in [-0.25, -0.2) is 0 Å². The number of methoxy groups -OCH3 is 1. The van der Waals surface area contributed by atoms with E-state index < -0.39 is 0 Å². The highest BCUT2D eigenvalue weighted by atomic mass is 16.5. The average Bonchev–Trinajstić information content (AvgIpc) is 3.27. The highest BCUT2D eigenvalue weighted by molar-refractivity contribution is 6.24. The second-order valence-electron chi connectivity index (χ2n) is 7.41. The topological polar surface area (TPSA) is 41.6 Å². The molecule has 4 heteroatoms. The van der Waals surface area contributed by atoms with Gasteiger partial charge in [-0.3, -0.25) is 4.79 Å². The number of benzene rings is 3. The van der Waals surface area contributed by atoms with Crippen molar-refractivity contribution in [3.63, 3.8) is 0 Å². The van der Waals surface area contributed by atoms with Crippen molar-refractivity contribution in [2.45, 2.75) is 12.5 Å². The lowest BCUT2D eigenvalue weighted by Gasteiger charge is -2.20. The lowest BCUT2D eigenvalue weighted by atomic mass is 10.0. The zero-order valence-corrected chi connectivity index (χ0v) is 17.1. The van der Waals surface area contributed by atoms with Gasteiger partial charge in [-0.05, 0) is 36.3 Å². The van der Waals surface area contributed by atoms with Gasteiger partial charge in [-0.15, -0.1) is 0 Å². The molecule has 1 amide bonds. The molecule has 1 fully saturated rings. The minimum absolute atomic E-state index is 0.0458. The van der Waals surface area contributed by atoms with Crippen molar-refractivity contribution in [2.75, 3.05) is 25.5 Å². The highest BCUT2D eigenvalue weighted by Gasteiger charge is 2.28. The van der Waals surface area contributed by atoms with Crippen LogP contribution in [0.5, 0.6) is 5.75 Å². The molecule has 1 saturated heterocycles. The Labute approximate surface area is 177 Å². The first-order valence-corrected chi connectivity index (χ1v) is 10.3. The third-order valence-electron chi connectivity index (χ3n) is 5.37. The Morgan fingerprint density at radius 1 is 0.967 bits per heavy atom. The fourth-order valence-electron chi connectivity index (χ4n) is 3.83. The molecule has 1 heterocycles. The van der Waals surface area contributed by atoms with Crippen LogP contribution in [0.3, 0.4) is 0 Å². The zero-order valence-electron chi connectivity index (χ0n) is 17.1. The second-order valence-corrected chi connectivity index (χ2v) is 7.41. The summed E-state index contributed by atoms with van der Waals surface area (Å²) in [6, 6.07) is 28.0. The first-order valence-electron chi connectivity index (χ1n) is 10.3. The molecule has 3 aromatic rings. The van der Waals surface area contributed by atoms with E-state index >= 15 is 0 Å². The summed E-state index contributed by atoms with van der Waals surface area (Å²) in [7, 11) is 1.65. The van der Waals surface area contributed by atoms with Crippen LogP contribution in [-0.2, 0) is 4.79 Å². The van der Waals surface area contributed by atoms with Crippen LogP contribution in [0, 0.1) is 0 Å². The smallest absolute Gasteiger partial charge is 0.254 e. The molecule has 4 nitrogen and oxygen atoms in total. The molecule has 0 aliphatic carbocycles. The van der Waals surface area contributed by atoms with Crippen molar-refractivity contribution in [1.29, 1.82) is 0 Å². The Kier molecular flexibility index (Phi) is 6.14. The molecule has 0 saturated carbocycles. The molecule has 0 radical (unpaired) electrons. The van der Waals surface area contributed by atoms with E-state index in [0.717, 1.165) is 35.5 Å². The van der Waals surface area contributed by atoms with E-state index in [1.54, 1.807) is 7.11 Å². The summed E-state index contributed by atoms with van der Waals surface area (Å²) in [6.45, 7) is 1.42. The number of likely N-dealkylation sites (tertiary alicyclic amines) is 1. The number of para-hydroxylation sites is 2. The molecule has 1 aliphatic rings. The maximum absolute atomic E-state index is 13.5. The van der Waals surface area contributed by atoms with Gasteiger partial charge in [0.25, 0.3) is 5.91 Å².